The Balaban J connectivity index is 1.46. The number of hydrogen-bond donors (Lipinski definition) is 1. The first-order chi connectivity index (χ1) is 13.2. The van der Waals surface area contributed by atoms with E-state index in [1.165, 1.54) is 38.8 Å². The molecule has 0 aliphatic carbocycles. The number of aromatic nitrogens is 2. The van der Waals surface area contributed by atoms with Gasteiger partial charge >= 0.3 is 0 Å². The van der Waals surface area contributed by atoms with Gasteiger partial charge in [0.05, 0.1) is 5.56 Å². The number of likely N-dealkylation sites (tertiary alicyclic amines) is 1. The second-order valence-corrected chi connectivity index (χ2v) is 6.88. The molecule has 1 aromatic carbocycles. The summed E-state index contributed by atoms with van der Waals surface area (Å²) in [6, 6.07) is 7.21. The molecule has 3 rings (SSSR count). The van der Waals surface area contributed by atoms with Gasteiger partial charge in [-0.1, -0.05) is 30.1 Å². The Hall–Kier alpha value is -2.41. The summed E-state index contributed by atoms with van der Waals surface area (Å²) >= 11 is 0. The number of nitrogens with one attached hydrogen (secondary N) is 1. The zero-order chi connectivity index (χ0) is 18.9. The van der Waals surface area contributed by atoms with Gasteiger partial charge in [-0.15, -0.1) is 0 Å². The number of carbonyl (C=O) groups is 1. The quantitative estimate of drug-likeness (QED) is 0.718. The van der Waals surface area contributed by atoms with E-state index in [2.05, 4.69) is 20.4 Å². The summed E-state index contributed by atoms with van der Waals surface area (Å²) in [6.45, 7) is 5.95. The minimum atomic E-state index is -0.120. The zero-order valence-electron chi connectivity index (χ0n) is 15.9. The first kappa shape index (κ1) is 19.4. The summed E-state index contributed by atoms with van der Waals surface area (Å²) < 4.78 is 10.6. The minimum absolute atomic E-state index is 0.120. The van der Waals surface area contributed by atoms with Gasteiger partial charge in [0.15, 0.2) is 6.61 Å². The molecule has 0 saturated carbocycles. The molecule has 2 heterocycles. The normalized spacial score (nSPS) is 15.3. The Labute approximate surface area is 160 Å². The number of carbonyl (C=O) groups excluding carboxylic acids is 1. The lowest BCUT2D eigenvalue weighted by Gasteiger charge is -2.19. The van der Waals surface area contributed by atoms with Crippen LogP contribution >= 0.6 is 0 Å². The van der Waals surface area contributed by atoms with Gasteiger partial charge in [0.1, 0.15) is 5.75 Å². The molecule has 1 aliphatic rings. The monoisotopic (exact) mass is 372 g/mol. The van der Waals surface area contributed by atoms with Gasteiger partial charge in [0, 0.05) is 13.5 Å². The van der Waals surface area contributed by atoms with Crippen molar-refractivity contribution in [2.24, 2.45) is 0 Å². The Morgan fingerprint density at radius 2 is 2.00 bits per heavy atom. The summed E-state index contributed by atoms with van der Waals surface area (Å²) in [6.07, 6.45) is 6.21. The van der Waals surface area contributed by atoms with E-state index in [0.717, 1.165) is 13.0 Å². The predicted molar refractivity (Wildman–Crippen MR) is 102 cm³/mol. The van der Waals surface area contributed by atoms with Crippen LogP contribution in [0.1, 0.15) is 54.2 Å². The van der Waals surface area contributed by atoms with E-state index in [9.17, 15) is 4.79 Å². The molecule has 146 valence electrons. The van der Waals surface area contributed by atoms with Crippen LogP contribution in [0.3, 0.4) is 0 Å². The molecule has 27 heavy (non-hydrogen) atoms. The minimum Gasteiger partial charge on any atom is -0.485 e. The maximum Gasteiger partial charge on any atom is 0.255 e. The van der Waals surface area contributed by atoms with Crippen molar-refractivity contribution in [1.82, 2.24) is 20.4 Å². The molecule has 0 radical (unpaired) electrons. The molecule has 2 aromatic rings. The SMILES string of the molecule is Cc1nc(COc2ccccc2C(=O)NCCCN2CCCCCC2)no1. The third-order valence-electron chi connectivity index (χ3n) is 4.69. The van der Waals surface area contributed by atoms with Gasteiger partial charge < -0.3 is 19.5 Å². The van der Waals surface area contributed by atoms with Crippen molar-refractivity contribution < 1.29 is 14.1 Å². The molecular weight excluding hydrogens is 344 g/mol. The van der Waals surface area contributed by atoms with Crippen LogP contribution < -0.4 is 10.1 Å². The number of aryl methyl sites for hydroxylation is 1. The van der Waals surface area contributed by atoms with E-state index in [1.807, 2.05) is 12.1 Å². The van der Waals surface area contributed by atoms with Gasteiger partial charge in [-0.05, 0) is 51.0 Å². The number of amides is 1. The highest BCUT2D eigenvalue weighted by atomic mass is 16.5. The molecule has 0 spiro atoms. The topological polar surface area (TPSA) is 80.5 Å². The van der Waals surface area contributed by atoms with Crippen LogP contribution in [0.25, 0.3) is 0 Å². The van der Waals surface area contributed by atoms with Crippen LogP contribution in [0.15, 0.2) is 28.8 Å². The summed E-state index contributed by atoms with van der Waals surface area (Å²) in [5.41, 5.74) is 0.521. The Kier molecular flexibility index (Phi) is 7.21. The third-order valence-corrected chi connectivity index (χ3v) is 4.69. The molecule has 0 atom stereocenters. The highest BCUT2D eigenvalue weighted by Crippen LogP contribution is 2.19. The molecule has 7 nitrogen and oxygen atoms in total. The smallest absolute Gasteiger partial charge is 0.255 e. The van der Waals surface area contributed by atoms with Crippen molar-refractivity contribution in [3.05, 3.63) is 41.5 Å². The van der Waals surface area contributed by atoms with Crippen LogP contribution in [-0.4, -0.2) is 47.1 Å². The first-order valence-corrected chi connectivity index (χ1v) is 9.74. The summed E-state index contributed by atoms with van der Waals surface area (Å²) in [5.74, 6) is 1.35. The van der Waals surface area contributed by atoms with Crippen molar-refractivity contribution in [2.45, 2.75) is 45.6 Å². The Morgan fingerprint density at radius 3 is 2.74 bits per heavy atom. The molecule has 1 amide bonds. The highest BCUT2D eigenvalue weighted by Gasteiger charge is 2.13. The van der Waals surface area contributed by atoms with E-state index in [0.29, 0.717) is 29.6 Å². The van der Waals surface area contributed by atoms with E-state index >= 15 is 0 Å². The predicted octanol–water partition coefficient (Wildman–Crippen LogP) is 2.95. The van der Waals surface area contributed by atoms with Crippen molar-refractivity contribution in [3.8, 4) is 5.75 Å². The van der Waals surface area contributed by atoms with Crippen molar-refractivity contribution in [3.63, 3.8) is 0 Å². The summed E-state index contributed by atoms with van der Waals surface area (Å²) in [7, 11) is 0. The average molecular weight is 372 g/mol. The fraction of sp³-hybridized carbons (Fsp3) is 0.550. The Bertz CT molecular complexity index is 724. The van der Waals surface area contributed by atoms with Crippen LogP contribution in [0.5, 0.6) is 5.75 Å². The van der Waals surface area contributed by atoms with Gasteiger partial charge in [-0.3, -0.25) is 4.79 Å². The number of para-hydroxylation sites is 1. The second kappa shape index (κ2) is 10.1. The molecule has 0 bridgehead atoms. The lowest BCUT2D eigenvalue weighted by molar-refractivity contribution is 0.0947. The number of hydrogen-bond acceptors (Lipinski definition) is 6. The van der Waals surface area contributed by atoms with E-state index in [1.54, 1.807) is 19.1 Å². The van der Waals surface area contributed by atoms with Gasteiger partial charge in [-0.25, -0.2) is 0 Å². The van der Waals surface area contributed by atoms with E-state index in [-0.39, 0.29) is 12.5 Å². The average Bonchev–Trinajstić information content (AvgIpc) is 2.93. The van der Waals surface area contributed by atoms with E-state index < -0.39 is 0 Å². The van der Waals surface area contributed by atoms with Crippen molar-refractivity contribution in [1.29, 1.82) is 0 Å². The molecule has 7 heteroatoms. The zero-order valence-corrected chi connectivity index (χ0v) is 15.9. The molecule has 1 fully saturated rings. The maximum absolute atomic E-state index is 12.5. The maximum atomic E-state index is 12.5. The van der Waals surface area contributed by atoms with Gasteiger partial charge in [0.2, 0.25) is 11.7 Å². The fourth-order valence-corrected chi connectivity index (χ4v) is 3.28. The second-order valence-electron chi connectivity index (χ2n) is 6.88. The summed E-state index contributed by atoms with van der Waals surface area (Å²) in [5, 5.41) is 6.80. The van der Waals surface area contributed by atoms with Crippen molar-refractivity contribution >= 4 is 5.91 Å². The largest absolute Gasteiger partial charge is 0.485 e. The van der Waals surface area contributed by atoms with Gasteiger partial charge in [-0.2, -0.15) is 4.98 Å². The number of rotatable bonds is 8. The lowest BCUT2D eigenvalue weighted by atomic mass is 10.2. The number of ether oxygens (including phenoxy) is 1. The van der Waals surface area contributed by atoms with Crippen LogP contribution in [0.4, 0.5) is 0 Å². The number of benzene rings is 1. The number of nitrogens with zero attached hydrogens (tertiary/aromatic N) is 3. The fourth-order valence-electron chi connectivity index (χ4n) is 3.28. The van der Waals surface area contributed by atoms with Gasteiger partial charge in [0.25, 0.3) is 5.91 Å². The standard InChI is InChI=1S/C20H28N4O3/c1-16-22-19(23-27-16)15-26-18-10-5-4-9-17(18)20(25)21-11-8-14-24-12-6-2-3-7-13-24/h4-5,9-10H,2-3,6-8,11-15H2,1H3,(H,21,25). The third kappa shape index (κ3) is 6.06. The molecule has 0 unspecified atom stereocenters. The molecular formula is C20H28N4O3. The first-order valence-electron chi connectivity index (χ1n) is 9.74. The van der Waals surface area contributed by atoms with Crippen LogP contribution in [0, 0.1) is 6.92 Å². The molecule has 1 aliphatic heterocycles. The Morgan fingerprint density at radius 1 is 1.22 bits per heavy atom. The van der Waals surface area contributed by atoms with Crippen LogP contribution in [-0.2, 0) is 6.61 Å². The molecule has 1 saturated heterocycles. The van der Waals surface area contributed by atoms with Crippen LogP contribution in [0.2, 0.25) is 0 Å². The lowest BCUT2D eigenvalue weighted by Crippen LogP contribution is -2.30. The molecule has 1 N–H and O–H groups in total. The van der Waals surface area contributed by atoms with Crippen molar-refractivity contribution in [2.75, 3.05) is 26.2 Å². The highest BCUT2D eigenvalue weighted by molar-refractivity contribution is 5.96. The molecule has 1 aromatic heterocycles. The van der Waals surface area contributed by atoms with E-state index in [4.69, 9.17) is 9.26 Å². The summed E-state index contributed by atoms with van der Waals surface area (Å²) in [4.78, 5) is 19.1.